The molecule has 1 fully saturated rings. The van der Waals surface area contributed by atoms with Gasteiger partial charge in [-0.15, -0.1) is 0 Å². The number of aliphatic hydroxyl groups excluding tert-OH is 2. The Balaban J connectivity index is 0.000000864. The van der Waals surface area contributed by atoms with Crippen molar-refractivity contribution in [2.45, 2.75) is 118 Å². The predicted molar refractivity (Wildman–Crippen MR) is 164 cm³/mol. The molecule has 1 aliphatic rings. The van der Waals surface area contributed by atoms with Gasteiger partial charge in [-0.1, -0.05) is 121 Å². The van der Waals surface area contributed by atoms with Crippen molar-refractivity contribution >= 4 is 0 Å². The lowest BCUT2D eigenvalue weighted by Gasteiger charge is -2.18. The minimum absolute atomic E-state index is 0.0513. The summed E-state index contributed by atoms with van der Waals surface area (Å²) in [6.45, 7) is 11.4. The van der Waals surface area contributed by atoms with E-state index in [0.29, 0.717) is 12.0 Å². The van der Waals surface area contributed by atoms with Crippen molar-refractivity contribution in [1.82, 2.24) is 4.90 Å². The van der Waals surface area contributed by atoms with Crippen LogP contribution in [0.15, 0.2) is 42.5 Å². The van der Waals surface area contributed by atoms with E-state index in [9.17, 15) is 10.4 Å². The SMILES string of the molecule is C1CCCC1.CC.CCCCCC.Cc1cccc(-c2cc(C#N)ccc2C(O)CCCCN(C)CO)c1. The molecule has 0 heterocycles. The van der Waals surface area contributed by atoms with E-state index >= 15 is 0 Å². The van der Waals surface area contributed by atoms with Gasteiger partial charge in [0, 0.05) is 0 Å². The van der Waals surface area contributed by atoms with Gasteiger partial charge < -0.3 is 10.2 Å². The number of nitrogens with zero attached hydrogens (tertiary/aromatic N) is 2. The summed E-state index contributed by atoms with van der Waals surface area (Å²) in [6.07, 6.45) is 14.9. The van der Waals surface area contributed by atoms with Crippen LogP contribution in [0.25, 0.3) is 11.1 Å². The number of benzene rings is 2. The van der Waals surface area contributed by atoms with Crippen LogP contribution in [0.2, 0.25) is 0 Å². The van der Waals surface area contributed by atoms with Gasteiger partial charge in [0.15, 0.2) is 0 Å². The van der Waals surface area contributed by atoms with Crippen molar-refractivity contribution in [3.05, 3.63) is 59.2 Å². The van der Waals surface area contributed by atoms with Crippen LogP contribution in [0.1, 0.15) is 128 Å². The Labute approximate surface area is 234 Å². The summed E-state index contributed by atoms with van der Waals surface area (Å²) in [5.74, 6) is 0. The number of hydrogen-bond donors (Lipinski definition) is 2. The average Bonchev–Trinajstić information content (AvgIpc) is 3.55. The van der Waals surface area contributed by atoms with Crippen LogP contribution < -0.4 is 0 Å². The van der Waals surface area contributed by atoms with Gasteiger partial charge in [-0.2, -0.15) is 5.26 Å². The van der Waals surface area contributed by atoms with Gasteiger partial charge in [-0.25, -0.2) is 0 Å². The first-order chi connectivity index (χ1) is 18.5. The van der Waals surface area contributed by atoms with E-state index in [1.807, 2.05) is 63.1 Å². The summed E-state index contributed by atoms with van der Waals surface area (Å²) in [5.41, 5.74) is 4.54. The van der Waals surface area contributed by atoms with Gasteiger partial charge in [-0.05, 0) is 68.6 Å². The Morgan fingerprint density at radius 1 is 0.895 bits per heavy atom. The lowest BCUT2D eigenvalue weighted by atomic mass is 9.92. The number of aliphatic hydroxyl groups is 2. The lowest BCUT2D eigenvalue weighted by molar-refractivity contribution is 0.126. The van der Waals surface area contributed by atoms with E-state index in [-0.39, 0.29) is 6.73 Å². The fourth-order valence-corrected chi connectivity index (χ4v) is 4.31. The summed E-state index contributed by atoms with van der Waals surface area (Å²) in [4.78, 5) is 1.84. The first-order valence-corrected chi connectivity index (χ1v) is 15.0. The maximum Gasteiger partial charge on any atom is 0.0991 e. The summed E-state index contributed by atoms with van der Waals surface area (Å²) in [5, 5.41) is 28.9. The molecule has 0 spiro atoms. The van der Waals surface area contributed by atoms with Crippen LogP contribution in [0.4, 0.5) is 0 Å². The first-order valence-electron chi connectivity index (χ1n) is 15.0. The fourth-order valence-electron chi connectivity index (χ4n) is 4.31. The standard InChI is InChI=1S/C21H26N2O2.C6H14.C5H10.C2H6/c1-16-6-5-7-18(12-16)20-13-17(14-22)9-10-19(20)21(25)8-3-4-11-23(2)15-24;1-3-5-6-4-2;1-2-4-5-3-1;1-2/h5-7,9-10,12-13,21,24-25H,3-4,8,11,15H2,1-2H3;3-6H2,1-2H3;1-5H2;1-2H3. The summed E-state index contributed by atoms with van der Waals surface area (Å²) in [7, 11) is 1.87. The topological polar surface area (TPSA) is 67.5 Å². The summed E-state index contributed by atoms with van der Waals surface area (Å²) in [6, 6.07) is 15.8. The Hall–Kier alpha value is -2.19. The van der Waals surface area contributed by atoms with Crippen molar-refractivity contribution in [3.63, 3.8) is 0 Å². The maximum absolute atomic E-state index is 10.7. The molecule has 1 aliphatic carbocycles. The van der Waals surface area contributed by atoms with Crippen LogP contribution in [-0.2, 0) is 0 Å². The molecule has 1 unspecified atom stereocenters. The molecule has 4 nitrogen and oxygen atoms in total. The zero-order valence-corrected chi connectivity index (χ0v) is 25.3. The molecule has 4 heteroatoms. The van der Waals surface area contributed by atoms with E-state index < -0.39 is 6.10 Å². The molecule has 1 saturated carbocycles. The smallest absolute Gasteiger partial charge is 0.0991 e. The van der Waals surface area contributed by atoms with Gasteiger partial charge in [0.2, 0.25) is 0 Å². The zero-order valence-electron chi connectivity index (χ0n) is 25.3. The molecule has 0 saturated heterocycles. The van der Waals surface area contributed by atoms with E-state index in [1.54, 1.807) is 6.07 Å². The maximum atomic E-state index is 10.7. The largest absolute Gasteiger partial charge is 0.388 e. The molecule has 1 atom stereocenters. The van der Waals surface area contributed by atoms with E-state index in [1.165, 1.54) is 57.8 Å². The quantitative estimate of drug-likeness (QED) is 0.227. The third-order valence-corrected chi connectivity index (χ3v) is 6.59. The molecule has 0 aromatic heterocycles. The Bertz CT molecular complexity index is 859. The highest BCUT2D eigenvalue weighted by Crippen LogP contribution is 2.32. The van der Waals surface area contributed by atoms with Crippen LogP contribution in [0.3, 0.4) is 0 Å². The second-order valence-electron chi connectivity index (χ2n) is 9.99. The summed E-state index contributed by atoms with van der Waals surface area (Å²) >= 11 is 0. The third-order valence-electron chi connectivity index (χ3n) is 6.59. The first kappa shape index (κ1) is 35.8. The van der Waals surface area contributed by atoms with Gasteiger partial charge in [0.25, 0.3) is 0 Å². The van der Waals surface area contributed by atoms with E-state index in [4.69, 9.17) is 5.11 Å². The van der Waals surface area contributed by atoms with Crippen molar-refractivity contribution in [2.24, 2.45) is 0 Å². The van der Waals surface area contributed by atoms with E-state index in [0.717, 1.165) is 41.6 Å². The Kier molecular flexibility index (Phi) is 22.5. The number of rotatable bonds is 11. The summed E-state index contributed by atoms with van der Waals surface area (Å²) < 4.78 is 0. The monoisotopic (exact) mass is 524 g/mol. The van der Waals surface area contributed by atoms with E-state index in [2.05, 4.69) is 26.0 Å². The van der Waals surface area contributed by atoms with Crippen LogP contribution in [-0.4, -0.2) is 35.4 Å². The molecule has 0 amide bonds. The second kappa shape index (κ2) is 23.9. The molecule has 0 aliphatic heterocycles. The molecule has 38 heavy (non-hydrogen) atoms. The molecule has 0 bridgehead atoms. The van der Waals surface area contributed by atoms with Crippen molar-refractivity contribution in [3.8, 4) is 17.2 Å². The number of nitriles is 1. The molecule has 2 aromatic rings. The lowest BCUT2D eigenvalue weighted by Crippen LogP contribution is -2.20. The molecule has 2 N–H and O–H groups in total. The second-order valence-corrected chi connectivity index (χ2v) is 9.99. The van der Waals surface area contributed by atoms with Gasteiger partial charge in [0.05, 0.1) is 24.5 Å². The Morgan fingerprint density at radius 3 is 2.00 bits per heavy atom. The number of aryl methyl sites for hydroxylation is 1. The Morgan fingerprint density at radius 2 is 1.50 bits per heavy atom. The molecule has 214 valence electrons. The third kappa shape index (κ3) is 15.9. The minimum atomic E-state index is -0.567. The van der Waals surface area contributed by atoms with Crippen LogP contribution >= 0.6 is 0 Å². The molecule has 2 aromatic carbocycles. The molecular weight excluding hydrogens is 468 g/mol. The highest BCUT2D eigenvalue weighted by atomic mass is 16.3. The predicted octanol–water partition coefficient (Wildman–Crippen LogP) is 9.18. The molecular formula is C34H56N2O2. The zero-order chi connectivity index (χ0) is 28.6. The van der Waals surface area contributed by atoms with Gasteiger partial charge in [-0.3, -0.25) is 4.90 Å². The van der Waals surface area contributed by atoms with Gasteiger partial charge >= 0.3 is 0 Å². The number of hydrogen-bond acceptors (Lipinski definition) is 4. The number of unbranched alkanes of at least 4 members (excludes halogenated alkanes) is 4. The van der Waals surface area contributed by atoms with Crippen molar-refractivity contribution < 1.29 is 10.2 Å². The average molecular weight is 525 g/mol. The molecule has 0 radical (unpaired) electrons. The highest BCUT2D eigenvalue weighted by Gasteiger charge is 2.15. The van der Waals surface area contributed by atoms with Crippen LogP contribution in [0, 0.1) is 18.3 Å². The highest BCUT2D eigenvalue weighted by molar-refractivity contribution is 5.70. The van der Waals surface area contributed by atoms with Gasteiger partial charge in [0.1, 0.15) is 0 Å². The normalized spacial score (nSPS) is 12.7. The van der Waals surface area contributed by atoms with Crippen LogP contribution in [0.5, 0.6) is 0 Å². The fraction of sp³-hybridized carbons (Fsp3) is 0.618. The van der Waals surface area contributed by atoms with Crippen molar-refractivity contribution in [1.29, 1.82) is 5.26 Å². The molecule has 3 rings (SSSR count). The minimum Gasteiger partial charge on any atom is -0.388 e. The van der Waals surface area contributed by atoms with Crippen molar-refractivity contribution in [2.75, 3.05) is 20.3 Å².